The summed E-state index contributed by atoms with van der Waals surface area (Å²) in [5.74, 6) is 0.0324. The molecule has 0 aliphatic carbocycles. The van der Waals surface area contributed by atoms with Crippen LogP contribution in [0.5, 0.6) is 0 Å². The number of benzene rings is 2. The fraction of sp³-hybridized carbons (Fsp3) is 0.304. The lowest BCUT2D eigenvalue weighted by Gasteiger charge is -2.13. The van der Waals surface area contributed by atoms with Gasteiger partial charge >= 0.3 is 0 Å². The number of aromatic nitrogens is 1. The van der Waals surface area contributed by atoms with Crippen molar-refractivity contribution in [2.75, 3.05) is 19.3 Å². The van der Waals surface area contributed by atoms with Crippen LogP contribution in [0.1, 0.15) is 23.6 Å². The van der Waals surface area contributed by atoms with E-state index >= 15 is 0 Å². The zero-order chi connectivity index (χ0) is 22.3. The van der Waals surface area contributed by atoms with E-state index in [4.69, 9.17) is 0 Å². The highest BCUT2D eigenvalue weighted by molar-refractivity contribution is 14.0. The molecule has 1 aromatic heterocycles. The van der Waals surface area contributed by atoms with Crippen molar-refractivity contribution in [2.45, 2.75) is 25.6 Å². The van der Waals surface area contributed by atoms with Crippen molar-refractivity contribution in [3.63, 3.8) is 0 Å². The number of nitrogens with zero attached hydrogens (tertiary/aromatic N) is 2. The lowest BCUT2D eigenvalue weighted by atomic mass is 10.1. The molecule has 0 radical (unpaired) electrons. The van der Waals surface area contributed by atoms with Crippen LogP contribution in [0.3, 0.4) is 0 Å². The molecule has 0 fully saturated rings. The Kier molecular flexibility index (Phi) is 9.83. The van der Waals surface area contributed by atoms with E-state index in [1.807, 2.05) is 31.2 Å². The van der Waals surface area contributed by atoms with Crippen LogP contribution in [0.25, 0.3) is 10.9 Å². The fourth-order valence-corrected chi connectivity index (χ4v) is 4.20. The van der Waals surface area contributed by atoms with Crippen molar-refractivity contribution in [1.29, 1.82) is 0 Å². The number of nitrogens with one attached hydrogen (secondary N) is 2. The summed E-state index contributed by atoms with van der Waals surface area (Å²) in [4.78, 5) is 9.01. The maximum atomic E-state index is 13.7. The Morgan fingerprint density at radius 2 is 1.84 bits per heavy atom. The van der Waals surface area contributed by atoms with E-state index in [1.54, 1.807) is 6.20 Å². The summed E-state index contributed by atoms with van der Waals surface area (Å²) in [6.07, 6.45) is 3.72. The van der Waals surface area contributed by atoms with Gasteiger partial charge in [0.2, 0.25) is 0 Å². The van der Waals surface area contributed by atoms with Gasteiger partial charge in [0.15, 0.2) is 15.8 Å². The number of hydrogen-bond donors (Lipinski definition) is 2. The van der Waals surface area contributed by atoms with Crippen LogP contribution in [-0.4, -0.2) is 38.7 Å². The molecule has 2 N–H and O–H groups in total. The van der Waals surface area contributed by atoms with Gasteiger partial charge in [-0.2, -0.15) is 0 Å². The van der Waals surface area contributed by atoms with Gasteiger partial charge in [0, 0.05) is 30.9 Å². The molecule has 172 valence electrons. The van der Waals surface area contributed by atoms with Gasteiger partial charge in [-0.15, -0.1) is 24.0 Å². The second-order valence-electron chi connectivity index (χ2n) is 7.35. The average Bonchev–Trinajstić information content (AvgIpc) is 2.73. The smallest absolute Gasteiger partial charge is 0.191 e. The molecular weight excluding hydrogens is 542 g/mol. The van der Waals surface area contributed by atoms with E-state index in [2.05, 4.69) is 26.7 Å². The standard InChI is InChI=1S/C23H27FN4O2S.HI/c1-3-25-23(27-13-11-18-7-4-6-17-8-5-12-26-22(17)18)28-15-20-14-21(24)10-9-19(20)16-31(2,29)30;/h4-10,12,14H,3,11,13,15-16H2,1-2H3,(H2,25,27,28);1H. The predicted molar refractivity (Wildman–Crippen MR) is 139 cm³/mol. The van der Waals surface area contributed by atoms with Crippen LogP contribution in [-0.2, 0) is 28.6 Å². The summed E-state index contributed by atoms with van der Waals surface area (Å²) in [7, 11) is -3.23. The molecule has 6 nitrogen and oxygen atoms in total. The van der Waals surface area contributed by atoms with Gasteiger partial charge in [-0.05, 0) is 48.2 Å². The molecule has 2 aromatic carbocycles. The lowest BCUT2D eigenvalue weighted by Crippen LogP contribution is -2.38. The van der Waals surface area contributed by atoms with Crippen LogP contribution in [0.4, 0.5) is 4.39 Å². The molecule has 0 unspecified atom stereocenters. The molecule has 0 bridgehead atoms. The zero-order valence-electron chi connectivity index (χ0n) is 18.1. The first-order valence-corrected chi connectivity index (χ1v) is 12.2. The van der Waals surface area contributed by atoms with Crippen LogP contribution >= 0.6 is 24.0 Å². The molecule has 0 atom stereocenters. The topological polar surface area (TPSA) is 83.5 Å². The highest BCUT2D eigenvalue weighted by Crippen LogP contribution is 2.17. The molecule has 0 saturated heterocycles. The van der Waals surface area contributed by atoms with E-state index in [-0.39, 0.29) is 36.3 Å². The minimum absolute atomic E-state index is 0. The van der Waals surface area contributed by atoms with Crippen molar-refractivity contribution in [3.8, 4) is 0 Å². The lowest BCUT2D eigenvalue weighted by molar-refractivity contribution is 0.600. The number of para-hydroxylation sites is 1. The summed E-state index contributed by atoms with van der Waals surface area (Å²) in [6.45, 7) is 3.44. The van der Waals surface area contributed by atoms with Gasteiger partial charge in [0.05, 0.1) is 17.8 Å². The third kappa shape index (κ3) is 7.70. The molecule has 0 spiro atoms. The van der Waals surface area contributed by atoms with E-state index in [0.717, 1.165) is 29.1 Å². The first-order valence-electron chi connectivity index (χ1n) is 10.2. The third-order valence-electron chi connectivity index (χ3n) is 4.74. The molecule has 32 heavy (non-hydrogen) atoms. The summed E-state index contributed by atoms with van der Waals surface area (Å²) in [6, 6.07) is 14.2. The summed E-state index contributed by atoms with van der Waals surface area (Å²) >= 11 is 0. The molecule has 0 aliphatic heterocycles. The Labute approximate surface area is 205 Å². The maximum absolute atomic E-state index is 13.7. The summed E-state index contributed by atoms with van der Waals surface area (Å²) in [5, 5.41) is 7.56. The minimum Gasteiger partial charge on any atom is -0.357 e. The van der Waals surface area contributed by atoms with Gasteiger partial charge in [-0.25, -0.2) is 17.8 Å². The molecule has 1 heterocycles. The number of aliphatic imine (C=N–C) groups is 1. The predicted octanol–water partition coefficient (Wildman–Crippen LogP) is 3.83. The van der Waals surface area contributed by atoms with E-state index < -0.39 is 15.7 Å². The van der Waals surface area contributed by atoms with E-state index in [9.17, 15) is 12.8 Å². The highest BCUT2D eigenvalue weighted by atomic mass is 127. The normalized spacial score (nSPS) is 11.8. The number of halogens is 2. The number of rotatable bonds is 8. The van der Waals surface area contributed by atoms with Crippen molar-refractivity contribution >= 4 is 50.7 Å². The second-order valence-corrected chi connectivity index (χ2v) is 9.49. The molecule has 3 rings (SSSR count). The third-order valence-corrected chi connectivity index (χ3v) is 5.58. The number of hydrogen-bond acceptors (Lipinski definition) is 4. The monoisotopic (exact) mass is 570 g/mol. The summed E-state index contributed by atoms with van der Waals surface area (Å²) in [5.41, 5.74) is 3.24. The van der Waals surface area contributed by atoms with Gasteiger partial charge in [-0.3, -0.25) is 4.98 Å². The molecule has 0 saturated carbocycles. The highest BCUT2D eigenvalue weighted by Gasteiger charge is 2.11. The van der Waals surface area contributed by atoms with Gasteiger partial charge in [-0.1, -0.05) is 30.3 Å². The van der Waals surface area contributed by atoms with Crippen molar-refractivity contribution < 1.29 is 12.8 Å². The fourth-order valence-electron chi connectivity index (χ4n) is 3.36. The van der Waals surface area contributed by atoms with Crippen molar-refractivity contribution in [2.24, 2.45) is 4.99 Å². The van der Waals surface area contributed by atoms with Crippen LogP contribution < -0.4 is 10.6 Å². The number of sulfone groups is 1. The number of fused-ring (bicyclic) bond motifs is 1. The molecule has 3 aromatic rings. The number of guanidine groups is 1. The van der Waals surface area contributed by atoms with Crippen molar-refractivity contribution in [1.82, 2.24) is 15.6 Å². The quantitative estimate of drug-likeness (QED) is 0.245. The second kappa shape index (κ2) is 12.1. The SMILES string of the molecule is CCNC(=NCc1cc(F)ccc1CS(C)(=O)=O)NCCc1cccc2cccnc12.I. The van der Waals surface area contributed by atoms with Gasteiger partial charge in [0.25, 0.3) is 0 Å². The maximum Gasteiger partial charge on any atom is 0.191 e. The zero-order valence-corrected chi connectivity index (χ0v) is 21.3. The number of pyridine rings is 1. The summed E-state index contributed by atoms with van der Waals surface area (Å²) < 4.78 is 37.1. The molecule has 0 amide bonds. The van der Waals surface area contributed by atoms with Gasteiger partial charge in [0.1, 0.15) is 5.82 Å². The molecular formula is C23H28FIN4O2S. The Morgan fingerprint density at radius 3 is 2.59 bits per heavy atom. The minimum atomic E-state index is -3.23. The Hall–Kier alpha value is -2.27. The Bertz CT molecular complexity index is 1180. The average molecular weight is 570 g/mol. The Morgan fingerprint density at radius 1 is 1.06 bits per heavy atom. The van der Waals surface area contributed by atoms with E-state index in [1.165, 1.54) is 18.2 Å². The Balaban J connectivity index is 0.00000363. The van der Waals surface area contributed by atoms with Crippen LogP contribution in [0.2, 0.25) is 0 Å². The van der Waals surface area contributed by atoms with Crippen LogP contribution in [0.15, 0.2) is 59.7 Å². The first kappa shape index (κ1) is 26.0. The largest absolute Gasteiger partial charge is 0.357 e. The first-order chi connectivity index (χ1) is 14.9. The molecule has 0 aliphatic rings. The van der Waals surface area contributed by atoms with Crippen LogP contribution in [0, 0.1) is 5.82 Å². The van der Waals surface area contributed by atoms with Crippen molar-refractivity contribution in [3.05, 3.63) is 77.2 Å². The van der Waals surface area contributed by atoms with Gasteiger partial charge < -0.3 is 10.6 Å². The molecule has 9 heteroatoms. The van der Waals surface area contributed by atoms with E-state index in [0.29, 0.717) is 30.2 Å².